The minimum atomic E-state index is 0.621. The number of rotatable bonds is 5. The first-order valence-corrected chi connectivity index (χ1v) is 6.80. The van der Waals surface area contributed by atoms with Gasteiger partial charge in [0.25, 0.3) is 0 Å². The second-order valence-electron chi connectivity index (χ2n) is 3.21. The molecule has 0 saturated heterocycles. The van der Waals surface area contributed by atoms with Crippen LogP contribution >= 0.6 is 23.1 Å². The third kappa shape index (κ3) is 3.35. The van der Waals surface area contributed by atoms with Gasteiger partial charge in [0.2, 0.25) is 0 Å². The van der Waals surface area contributed by atoms with Crippen molar-refractivity contribution in [1.29, 1.82) is 0 Å². The van der Waals surface area contributed by atoms with Crippen LogP contribution in [0.3, 0.4) is 0 Å². The Labute approximate surface area is 107 Å². The lowest BCUT2D eigenvalue weighted by molar-refractivity contribution is 0.810. The van der Waals surface area contributed by atoms with E-state index in [9.17, 15) is 0 Å². The maximum atomic E-state index is 5.38. The number of anilines is 1. The largest absolute Gasteiger partial charge is 0.308 e. The summed E-state index contributed by atoms with van der Waals surface area (Å²) >= 11 is 2.94. The summed E-state index contributed by atoms with van der Waals surface area (Å²) in [4.78, 5) is 8.72. The maximum absolute atomic E-state index is 5.38. The lowest BCUT2D eigenvalue weighted by Gasteiger charge is -2.05. The third-order valence-electron chi connectivity index (χ3n) is 1.90. The first-order chi connectivity index (χ1) is 8.31. The van der Waals surface area contributed by atoms with Crippen LogP contribution in [0, 0.1) is 0 Å². The molecule has 0 aliphatic rings. The normalized spacial score (nSPS) is 10.5. The van der Waals surface area contributed by atoms with E-state index in [4.69, 9.17) is 5.84 Å². The van der Waals surface area contributed by atoms with Crippen molar-refractivity contribution < 1.29 is 0 Å². The Morgan fingerprint density at radius 3 is 3.00 bits per heavy atom. The summed E-state index contributed by atoms with van der Waals surface area (Å²) in [5.41, 5.74) is 4.24. The molecule has 0 atom stereocenters. The monoisotopic (exact) mass is 268 g/mol. The Morgan fingerprint density at radius 2 is 2.35 bits per heavy atom. The molecule has 17 heavy (non-hydrogen) atoms. The molecule has 0 bridgehead atoms. The van der Waals surface area contributed by atoms with Crippen molar-refractivity contribution in [1.82, 2.24) is 20.2 Å². The number of aryl methyl sites for hydroxylation is 1. The van der Waals surface area contributed by atoms with E-state index in [0.717, 1.165) is 28.0 Å². The Kier molecular flexibility index (Phi) is 4.24. The van der Waals surface area contributed by atoms with E-state index in [0.29, 0.717) is 5.82 Å². The molecule has 2 aromatic heterocycles. The van der Waals surface area contributed by atoms with Crippen LogP contribution in [0.15, 0.2) is 20.9 Å². The Bertz CT molecular complexity index is 472. The number of hydrazine groups is 1. The van der Waals surface area contributed by atoms with Crippen molar-refractivity contribution in [3.63, 3.8) is 0 Å². The summed E-state index contributed by atoms with van der Waals surface area (Å²) in [6, 6.07) is 1.80. The molecular formula is C9H12N6S2. The summed E-state index contributed by atoms with van der Waals surface area (Å²) in [7, 11) is 0. The van der Waals surface area contributed by atoms with Gasteiger partial charge in [-0.2, -0.15) is 0 Å². The Balaban J connectivity index is 2.23. The molecule has 0 saturated carbocycles. The van der Waals surface area contributed by atoms with E-state index in [1.807, 2.05) is 0 Å². The average molecular weight is 268 g/mol. The minimum Gasteiger partial charge on any atom is -0.308 e. The highest BCUT2D eigenvalue weighted by molar-refractivity contribution is 8.00. The second-order valence-corrected chi connectivity index (χ2v) is 5.31. The molecule has 2 heterocycles. The second kappa shape index (κ2) is 5.89. The maximum Gasteiger partial charge on any atom is 0.180 e. The van der Waals surface area contributed by atoms with E-state index in [2.05, 4.69) is 32.5 Å². The van der Waals surface area contributed by atoms with Crippen molar-refractivity contribution in [2.75, 3.05) is 5.43 Å². The highest BCUT2D eigenvalue weighted by Crippen LogP contribution is 2.28. The number of nitrogens with zero attached hydrogens (tertiary/aromatic N) is 4. The number of aromatic nitrogens is 4. The summed E-state index contributed by atoms with van der Waals surface area (Å²) in [5, 5.41) is 8.57. The van der Waals surface area contributed by atoms with E-state index in [1.54, 1.807) is 11.6 Å². The van der Waals surface area contributed by atoms with Crippen molar-refractivity contribution in [2.45, 2.75) is 29.1 Å². The predicted octanol–water partition coefficient (Wildman–Crippen LogP) is 1.72. The van der Waals surface area contributed by atoms with Crippen molar-refractivity contribution >= 4 is 28.9 Å². The predicted molar refractivity (Wildman–Crippen MR) is 67.9 cm³/mol. The van der Waals surface area contributed by atoms with Crippen LogP contribution in [0.25, 0.3) is 0 Å². The van der Waals surface area contributed by atoms with Gasteiger partial charge in [0.05, 0.1) is 0 Å². The van der Waals surface area contributed by atoms with Crippen LogP contribution in [-0.2, 0) is 6.42 Å². The average Bonchev–Trinajstić information content (AvgIpc) is 2.82. The molecule has 0 spiro atoms. The van der Waals surface area contributed by atoms with Gasteiger partial charge in [-0.25, -0.2) is 15.8 Å². The molecule has 2 aromatic rings. The fraction of sp³-hybridized carbons (Fsp3) is 0.333. The zero-order chi connectivity index (χ0) is 12.1. The summed E-state index contributed by atoms with van der Waals surface area (Å²) in [6.45, 7) is 2.09. The summed E-state index contributed by atoms with van der Waals surface area (Å²) in [5.74, 6) is 6.79. The van der Waals surface area contributed by atoms with Crippen molar-refractivity contribution in [3.05, 3.63) is 17.4 Å². The van der Waals surface area contributed by atoms with E-state index in [-0.39, 0.29) is 0 Å². The topological polar surface area (TPSA) is 89.6 Å². The van der Waals surface area contributed by atoms with Crippen LogP contribution < -0.4 is 11.3 Å². The number of hydrogen-bond acceptors (Lipinski definition) is 8. The highest BCUT2D eigenvalue weighted by atomic mass is 32.2. The van der Waals surface area contributed by atoms with Gasteiger partial charge in [0, 0.05) is 12.5 Å². The van der Waals surface area contributed by atoms with Crippen LogP contribution in [0.2, 0.25) is 0 Å². The summed E-state index contributed by atoms with van der Waals surface area (Å²) < 4.78 is 0.856. The van der Waals surface area contributed by atoms with Gasteiger partial charge in [-0.05, 0) is 18.2 Å². The molecular weight excluding hydrogens is 256 g/mol. The molecule has 0 fully saturated rings. The molecule has 90 valence electrons. The Hall–Kier alpha value is -1.25. The minimum absolute atomic E-state index is 0.621. The Morgan fingerprint density at radius 1 is 1.47 bits per heavy atom. The van der Waals surface area contributed by atoms with Crippen molar-refractivity contribution in [2.24, 2.45) is 5.84 Å². The van der Waals surface area contributed by atoms with Gasteiger partial charge in [-0.15, -0.1) is 10.2 Å². The molecule has 8 heteroatoms. The fourth-order valence-corrected chi connectivity index (χ4v) is 2.68. The molecule has 0 aromatic carbocycles. The standard InChI is InChI=1S/C9H12N6S2/c1-2-3-6-12-7(14-10)4-8(13-6)17-9-15-11-5-16-9/h4-5H,2-3,10H2,1H3,(H,12,13,14). The molecule has 0 amide bonds. The lowest BCUT2D eigenvalue weighted by atomic mass is 10.3. The number of nitrogens with two attached hydrogens (primary N) is 1. The first kappa shape index (κ1) is 12.2. The molecule has 2 rings (SSSR count). The van der Waals surface area contributed by atoms with E-state index >= 15 is 0 Å². The molecule has 3 N–H and O–H groups in total. The van der Waals surface area contributed by atoms with Gasteiger partial charge >= 0.3 is 0 Å². The van der Waals surface area contributed by atoms with E-state index < -0.39 is 0 Å². The zero-order valence-electron chi connectivity index (χ0n) is 9.25. The quantitative estimate of drug-likeness (QED) is 0.484. The van der Waals surface area contributed by atoms with Crippen LogP contribution in [0.1, 0.15) is 19.2 Å². The van der Waals surface area contributed by atoms with Gasteiger partial charge in [0.15, 0.2) is 4.34 Å². The number of hydrogen-bond donors (Lipinski definition) is 2. The molecule has 0 aliphatic carbocycles. The van der Waals surface area contributed by atoms with Gasteiger partial charge in [-0.1, -0.05) is 18.3 Å². The zero-order valence-corrected chi connectivity index (χ0v) is 10.9. The van der Waals surface area contributed by atoms with E-state index in [1.165, 1.54) is 23.1 Å². The first-order valence-electron chi connectivity index (χ1n) is 5.10. The summed E-state index contributed by atoms with van der Waals surface area (Å²) in [6.07, 6.45) is 1.83. The third-order valence-corrected chi connectivity index (χ3v) is 3.60. The van der Waals surface area contributed by atoms with Crippen molar-refractivity contribution in [3.8, 4) is 0 Å². The smallest absolute Gasteiger partial charge is 0.180 e. The SMILES string of the molecule is CCCc1nc(NN)cc(Sc2nncs2)n1. The highest BCUT2D eigenvalue weighted by Gasteiger charge is 2.07. The number of nitrogens with one attached hydrogen (secondary N) is 1. The molecule has 0 radical (unpaired) electrons. The van der Waals surface area contributed by atoms with Gasteiger partial charge < -0.3 is 5.43 Å². The van der Waals surface area contributed by atoms with Crippen LogP contribution in [0.5, 0.6) is 0 Å². The van der Waals surface area contributed by atoms with Gasteiger partial charge in [0.1, 0.15) is 22.2 Å². The van der Waals surface area contributed by atoms with Crippen LogP contribution in [-0.4, -0.2) is 20.2 Å². The fourth-order valence-electron chi connectivity index (χ4n) is 1.23. The lowest BCUT2D eigenvalue weighted by Crippen LogP contribution is -2.10. The number of nitrogen functional groups attached to an aromatic ring is 1. The molecule has 0 aliphatic heterocycles. The van der Waals surface area contributed by atoms with Crippen LogP contribution in [0.4, 0.5) is 5.82 Å². The van der Waals surface area contributed by atoms with Gasteiger partial charge in [-0.3, -0.25) is 0 Å². The molecule has 0 unspecified atom stereocenters. The molecule has 6 nitrogen and oxygen atoms in total.